The number of aromatic hydroxyl groups is 1. The van der Waals surface area contributed by atoms with Crippen LogP contribution in [0.2, 0.25) is 0 Å². The average Bonchev–Trinajstić information content (AvgIpc) is 2.62. The number of likely N-dealkylation sites (N-methyl/N-ethyl adjacent to an activating group) is 1. The van der Waals surface area contributed by atoms with E-state index in [0.717, 1.165) is 28.6 Å². The number of alkyl halides is 1. The van der Waals surface area contributed by atoms with Crippen LogP contribution in [0.5, 0.6) is 5.75 Å². The Morgan fingerprint density at radius 2 is 2.00 bits per heavy atom. The van der Waals surface area contributed by atoms with Gasteiger partial charge in [0.1, 0.15) is 17.6 Å². The number of hydrogen-bond acceptors (Lipinski definition) is 6. The van der Waals surface area contributed by atoms with Gasteiger partial charge in [-0.1, -0.05) is 6.07 Å². The molecule has 28 heavy (non-hydrogen) atoms. The van der Waals surface area contributed by atoms with Crippen LogP contribution in [0.4, 0.5) is 10.2 Å². The summed E-state index contributed by atoms with van der Waals surface area (Å²) >= 11 is 0. The number of benzene rings is 1. The highest BCUT2D eigenvalue weighted by Gasteiger charge is 2.26. The third-order valence-electron chi connectivity index (χ3n) is 5.21. The molecule has 0 unspecified atom stereocenters. The molecule has 2 N–H and O–H groups in total. The lowest BCUT2D eigenvalue weighted by molar-refractivity contribution is 0.153. The number of halogens is 1. The van der Waals surface area contributed by atoms with E-state index in [4.69, 9.17) is 0 Å². The van der Waals surface area contributed by atoms with E-state index in [1.54, 1.807) is 12.3 Å². The van der Waals surface area contributed by atoms with Crippen LogP contribution >= 0.6 is 0 Å². The minimum absolute atomic E-state index is 0.0514. The van der Waals surface area contributed by atoms with E-state index in [1.807, 2.05) is 44.0 Å². The highest BCUT2D eigenvalue weighted by atomic mass is 19.1. The Morgan fingerprint density at radius 3 is 2.75 bits per heavy atom. The average molecular weight is 381 g/mol. The van der Waals surface area contributed by atoms with Crippen molar-refractivity contribution in [3.05, 3.63) is 41.7 Å². The molecule has 3 aromatic rings. The van der Waals surface area contributed by atoms with Gasteiger partial charge in [0.05, 0.1) is 0 Å². The quantitative estimate of drug-likeness (QED) is 0.724. The van der Waals surface area contributed by atoms with Crippen LogP contribution in [0.1, 0.15) is 17.7 Å². The standard InChI is InChI=1S/C21H24FN5O/c1-12-4-5-16(18(28)8-12)20-17-6-7-23-13(2)19(17)21(26-25-20)24-15-9-14(22)10-27(3)11-15/h4-8,14-15,28H,9-11H2,1-3H3,(H,24,26)/t14-,15-/m1/s1. The molecule has 3 heterocycles. The smallest absolute Gasteiger partial charge is 0.158 e. The summed E-state index contributed by atoms with van der Waals surface area (Å²) in [6, 6.07) is 7.32. The zero-order valence-corrected chi connectivity index (χ0v) is 16.3. The molecule has 2 aromatic heterocycles. The third kappa shape index (κ3) is 3.49. The lowest BCUT2D eigenvalue weighted by Gasteiger charge is -2.33. The summed E-state index contributed by atoms with van der Waals surface area (Å²) in [5.41, 5.74) is 3.01. The molecular weight excluding hydrogens is 357 g/mol. The molecule has 4 rings (SSSR count). The number of anilines is 1. The van der Waals surface area contributed by atoms with Crippen molar-refractivity contribution < 1.29 is 9.50 Å². The summed E-state index contributed by atoms with van der Waals surface area (Å²) in [6.07, 6.45) is 1.30. The Labute approximate surface area is 163 Å². The fourth-order valence-corrected chi connectivity index (χ4v) is 3.95. The maximum absolute atomic E-state index is 14.0. The number of aromatic nitrogens is 3. The van der Waals surface area contributed by atoms with Gasteiger partial charge < -0.3 is 15.3 Å². The molecular formula is C21H24FN5O. The van der Waals surface area contributed by atoms with E-state index >= 15 is 0 Å². The summed E-state index contributed by atoms with van der Waals surface area (Å²) < 4.78 is 14.0. The minimum atomic E-state index is -0.863. The summed E-state index contributed by atoms with van der Waals surface area (Å²) in [5, 5.41) is 24.3. The van der Waals surface area contributed by atoms with E-state index in [1.165, 1.54) is 0 Å². The third-order valence-corrected chi connectivity index (χ3v) is 5.21. The van der Waals surface area contributed by atoms with Crippen molar-refractivity contribution in [3.63, 3.8) is 0 Å². The second-order valence-corrected chi connectivity index (χ2v) is 7.63. The van der Waals surface area contributed by atoms with E-state index in [-0.39, 0.29) is 11.8 Å². The Kier molecular flexibility index (Phi) is 4.85. The van der Waals surface area contributed by atoms with Gasteiger partial charge in [0, 0.05) is 53.8 Å². The maximum atomic E-state index is 14.0. The van der Waals surface area contributed by atoms with Gasteiger partial charge in [-0.05, 0) is 44.7 Å². The molecule has 0 bridgehead atoms. The number of nitrogens with one attached hydrogen (secondary N) is 1. The Balaban J connectivity index is 1.80. The van der Waals surface area contributed by atoms with Gasteiger partial charge in [-0.25, -0.2) is 4.39 Å². The molecule has 0 aliphatic carbocycles. The number of hydrogen-bond donors (Lipinski definition) is 2. The molecule has 0 spiro atoms. The highest BCUT2D eigenvalue weighted by Crippen LogP contribution is 2.36. The predicted octanol–water partition coefficient (Wildman–Crippen LogP) is 3.47. The van der Waals surface area contributed by atoms with E-state index < -0.39 is 6.17 Å². The van der Waals surface area contributed by atoms with Crippen molar-refractivity contribution in [1.29, 1.82) is 0 Å². The van der Waals surface area contributed by atoms with Gasteiger partial charge in [0.25, 0.3) is 0 Å². The van der Waals surface area contributed by atoms with Crippen molar-refractivity contribution in [2.24, 2.45) is 0 Å². The number of aryl methyl sites for hydroxylation is 2. The second kappa shape index (κ2) is 7.31. The minimum Gasteiger partial charge on any atom is -0.507 e. The van der Waals surface area contributed by atoms with E-state index in [0.29, 0.717) is 30.0 Å². The molecule has 0 saturated carbocycles. The molecule has 2 atom stereocenters. The van der Waals surface area contributed by atoms with Crippen molar-refractivity contribution in [2.75, 3.05) is 25.5 Å². The first kappa shape index (κ1) is 18.6. The molecule has 6 nitrogen and oxygen atoms in total. The molecule has 1 aromatic carbocycles. The molecule has 1 fully saturated rings. The monoisotopic (exact) mass is 381 g/mol. The zero-order chi connectivity index (χ0) is 19.8. The first-order valence-electron chi connectivity index (χ1n) is 9.43. The molecule has 1 saturated heterocycles. The lowest BCUT2D eigenvalue weighted by atomic mass is 10.0. The number of pyridine rings is 1. The van der Waals surface area contributed by atoms with Gasteiger partial charge in [-0.15, -0.1) is 10.2 Å². The highest BCUT2D eigenvalue weighted by molar-refractivity contribution is 6.02. The molecule has 0 radical (unpaired) electrons. The SMILES string of the molecule is Cc1ccc(-c2nnc(N[C@@H]3C[C@@H](F)CN(C)C3)c3c(C)nccc23)c(O)c1. The van der Waals surface area contributed by atoms with Gasteiger partial charge >= 0.3 is 0 Å². The van der Waals surface area contributed by atoms with Crippen molar-refractivity contribution in [2.45, 2.75) is 32.5 Å². The lowest BCUT2D eigenvalue weighted by Crippen LogP contribution is -2.45. The van der Waals surface area contributed by atoms with Crippen LogP contribution in [-0.2, 0) is 0 Å². The summed E-state index contributed by atoms with van der Waals surface area (Å²) in [7, 11) is 1.92. The van der Waals surface area contributed by atoms with E-state index in [2.05, 4.69) is 20.5 Å². The summed E-state index contributed by atoms with van der Waals surface area (Å²) in [5.74, 6) is 0.767. The molecule has 0 amide bonds. The van der Waals surface area contributed by atoms with Gasteiger partial charge in [-0.3, -0.25) is 4.98 Å². The number of fused-ring (bicyclic) bond motifs is 1. The van der Waals surface area contributed by atoms with E-state index in [9.17, 15) is 9.50 Å². The Morgan fingerprint density at radius 1 is 1.18 bits per heavy atom. The summed E-state index contributed by atoms with van der Waals surface area (Å²) in [6.45, 7) is 5.03. The normalized spacial score (nSPS) is 20.4. The number of rotatable bonds is 3. The predicted molar refractivity (Wildman–Crippen MR) is 108 cm³/mol. The van der Waals surface area contributed by atoms with Gasteiger partial charge in [-0.2, -0.15) is 0 Å². The first-order chi connectivity index (χ1) is 13.4. The number of nitrogens with zero attached hydrogens (tertiary/aromatic N) is 4. The number of likely N-dealkylation sites (tertiary alicyclic amines) is 1. The number of piperidine rings is 1. The largest absolute Gasteiger partial charge is 0.507 e. The first-order valence-corrected chi connectivity index (χ1v) is 9.43. The fourth-order valence-electron chi connectivity index (χ4n) is 3.95. The topological polar surface area (TPSA) is 74.2 Å². The van der Waals surface area contributed by atoms with Crippen LogP contribution in [0.15, 0.2) is 30.5 Å². The molecule has 7 heteroatoms. The van der Waals surface area contributed by atoms with Crippen LogP contribution in [0.25, 0.3) is 22.0 Å². The van der Waals surface area contributed by atoms with Crippen molar-refractivity contribution in [3.8, 4) is 17.0 Å². The van der Waals surface area contributed by atoms with Crippen molar-refractivity contribution in [1.82, 2.24) is 20.1 Å². The molecule has 146 valence electrons. The Hall–Kier alpha value is -2.80. The van der Waals surface area contributed by atoms with Crippen LogP contribution in [0.3, 0.4) is 0 Å². The molecule has 1 aliphatic rings. The van der Waals surface area contributed by atoms with Crippen molar-refractivity contribution >= 4 is 16.6 Å². The van der Waals surface area contributed by atoms with Gasteiger partial charge in [0.15, 0.2) is 5.82 Å². The maximum Gasteiger partial charge on any atom is 0.158 e. The van der Waals surface area contributed by atoms with Gasteiger partial charge in [0.2, 0.25) is 0 Å². The van der Waals surface area contributed by atoms with Crippen LogP contribution in [-0.4, -0.2) is 57.5 Å². The fraction of sp³-hybridized carbons (Fsp3) is 0.381. The summed E-state index contributed by atoms with van der Waals surface area (Å²) in [4.78, 5) is 6.38. The second-order valence-electron chi connectivity index (χ2n) is 7.63. The van der Waals surface area contributed by atoms with Crippen LogP contribution in [0, 0.1) is 13.8 Å². The van der Waals surface area contributed by atoms with Crippen LogP contribution < -0.4 is 5.32 Å². The zero-order valence-electron chi connectivity index (χ0n) is 16.3. The Bertz CT molecular complexity index is 1020. The number of phenolic OH excluding ortho intramolecular Hbond substituents is 1. The molecule has 1 aliphatic heterocycles. The number of phenols is 1.